The predicted octanol–water partition coefficient (Wildman–Crippen LogP) is 3.09. The zero-order valence-corrected chi connectivity index (χ0v) is 10.2. The van der Waals surface area contributed by atoms with Gasteiger partial charge in [0.15, 0.2) is 0 Å². The van der Waals surface area contributed by atoms with E-state index in [2.05, 4.69) is 10.3 Å². The fourth-order valence-electron chi connectivity index (χ4n) is 1.60. The number of benzene rings is 1. The third kappa shape index (κ3) is 2.53. The summed E-state index contributed by atoms with van der Waals surface area (Å²) in [5.41, 5.74) is 1.63. The lowest BCUT2D eigenvalue weighted by atomic mass is 10.1. The van der Waals surface area contributed by atoms with E-state index in [0.29, 0.717) is 5.82 Å². The Kier molecular flexibility index (Phi) is 3.37. The van der Waals surface area contributed by atoms with Crippen LogP contribution in [-0.2, 0) is 0 Å². The minimum Gasteiger partial charge on any atom is -0.306 e. The molecular weight excluding hydrogens is 231 g/mol. The van der Waals surface area contributed by atoms with Gasteiger partial charge in [-0.15, -0.1) is 0 Å². The number of nitrogens with zero attached hydrogens (tertiary/aromatic N) is 1. The van der Waals surface area contributed by atoms with E-state index in [4.69, 9.17) is 0 Å². The number of hydrogen-bond acceptors (Lipinski definition) is 2. The van der Waals surface area contributed by atoms with Crippen molar-refractivity contribution in [2.75, 3.05) is 5.32 Å². The summed E-state index contributed by atoms with van der Waals surface area (Å²) in [4.78, 5) is 15.9. The molecular formula is C14H13FN2O. The molecule has 1 heterocycles. The van der Waals surface area contributed by atoms with E-state index in [1.54, 1.807) is 25.3 Å². The van der Waals surface area contributed by atoms with Gasteiger partial charge in [0, 0.05) is 6.20 Å². The van der Waals surface area contributed by atoms with Crippen molar-refractivity contribution in [1.29, 1.82) is 0 Å². The summed E-state index contributed by atoms with van der Waals surface area (Å²) < 4.78 is 13.6. The van der Waals surface area contributed by atoms with Crippen molar-refractivity contribution in [2.45, 2.75) is 13.8 Å². The summed E-state index contributed by atoms with van der Waals surface area (Å²) in [6.45, 7) is 3.60. The van der Waals surface area contributed by atoms with Gasteiger partial charge in [0.1, 0.15) is 11.6 Å². The number of hydrogen-bond donors (Lipinski definition) is 1. The Bertz CT molecular complexity index is 596. The molecule has 0 atom stereocenters. The quantitative estimate of drug-likeness (QED) is 0.882. The number of anilines is 1. The molecule has 1 aromatic carbocycles. The topological polar surface area (TPSA) is 42.0 Å². The molecule has 2 aromatic rings. The van der Waals surface area contributed by atoms with E-state index in [9.17, 15) is 9.18 Å². The molecule has 0 aliphatic rings. The standard InChI is InChI=1S/C14H13FN2O/c1-9-5-6-11(12(15)8-9)14(18)17-13-10(2)4-3-7-16-13/h3-8H,1-2H3,(H,16,17,18). The molecule has 1 amide bonds. The highest BCUT2D eigenvalue weighted by Gasteiger charge is 2.13. The number of halogens is 1. The van der Waals surface area contributed by atoms with Crippen molar-refractivity contribution in [3.8, 4) is 0 Å². The molecule has 1 N–H and O–H groups in total. The average Bonchev–Trinajstić information content (AvgIpc) is 2.32. The molecule has 92 valence electrons. The van der Waals surface area contributed by atoms with Gasteiger partial charge in [-0.25, -0.2) is 9.37 Å². The lowest BCUT2D eigenvalue weighted by Crippen LogP contribution is -2.15. The van der Waals surface area contributed by atoms with Crippen LogP contribution in [0, 0.1) is 19.7 Å². The van der Waals surface area contributed by atoms with Gasteiger partial charge in [-0.1, -0.05) is 12.1 Å². The van der Waals surface area contributed by atoms with Crippen molar-refractivity contribution < 1.29 is 9.18 Å². The average molecular weight is 244 g/mol. The first-order valence-corrected chi connectivity index (χ1v) is 5.57. The molecule has 0 saturated carbocycles. The van der Waals surface area contributed by atoms with E-state index in [1.165, 1.54) is 12.1 Å². The van der Waals surface area contributed by atoms with Crippen LogP contribution in [0.25, 0.3) is 0 Å². The lowest BCUT2D eigenvalue weighted by Gasteiger charge is -2.07. The summed E-state index contributed by atoms with van der Waals surface area (Å²) in [7, 11) is 0. The molecule has 2 rings (SSSR count). The van der Waals surface area contributed by atoms with Gasteiger partial charge in [-0.2, -0.15) is 0 Å². The zero-order valence-electron chi connectivity index (χ0n) is 10.2. The van der Waals surface area contributed by atoms with Gasteiger partial charge in [0.2, 0.25) is 0 Å². The highest BCUT2D eigenvalue weighted by atomic mass is 19.1. The van der Waals surface area contributed by atoms with Crippen LogP contribution >= 0.6 is 0 Å². The molecule has 0 radical (unpaired) electrons. The van der Waals surface area contributed by atoms with E-state index < -0.39 is 11.7 Å². The van der Waals surface area contributed by atoms with Gasteiger partial charge in [0.05, 0.1) is 5.56 Å². The highest BCUT2D eigenvalue weighted by molar-refractivity contribution is 6.04. The maximum absolute atomic E-state index is 13.6. The molecule has 1 aromatic heterocycles. The first-order valence-electron chi connectivity index (χ1n) is 5.57. The number of aryl methyl sites for hydroxylation is 2. The third-order valence-corrected chi connectivity index (χ3v) is 2.61. The summed E-state index contributed by atoms with van der Waals surface area (Å²) in [5.74, 6) is -0.571. The molecule has 18 heavy (non-hydrogen) atoms. The number of pyridine rings is 1. The van der Waals surface area contributed by atoms with Gasteiger partial charge in [-0.05, 0) is 43.2 Å². The molecule has 0 aliphatic heterocycles. The molecule has 4 heteroatoms. The number of aromatic nitrogens is 1. The third-order valence-electron chi connectivity index (χ3n) is 2.61. The van der Waals surface area contributed by atoms with Crippen LogP contribution in [0.5, 0.6) is 0 Å². The molecule has 0 spiro atoms. The van der Waals surface area contributed by atoms with Crippen molar-refractivity contribution in [1.82, 2.24) is 4.98 Å². The van der Waals surface area contributed by atoms with E-state index >= 15 is 0 Å². The van der Waals surface area contributed by atoms with Gasteiger partial charge in [0.25, 0.3) is 5.91 Å². The van der Waals surface area contributed by atoms with Crippen LogP contribution in [0.4, 0.5) is 10.2 Å². The number of amides is 1. The number of rotatable bonds is 2. The molecule has 0 saturated heterocycles. The fourth-order valence-corrected chi connectivity index (χ4v) is 1.60. The number of nitrogens with one attached hydrogen (secondary N) is 1. The van der Waals surface area contributed by atoms with Crippen LogP contribution in [0.2, 0.25) is 0 Å². The summed E-state index contributed by atoms with van der Waals surface area (Å²) in [6, 6.07) is 8.10. The Balaban J connectivity index is 2.25. The summed E-state index contributed by atoms with van der Waals surface area (Å²) >= 11 is 0. The normalized spacial score (nSPS) is 10.2. The van der Waals surface area contributed by atoms with Gasteiger partial charge in [-0.3, -0.25) is 4.79 Å². The molecule has 0 unspecified atom stereocenters. The van der Waals surface area contributed by atoms with Crippen LogP contribution in [0.15, 0.2) is 36.5 Å². The smallest absolute Gasteiger partial charge is 0.259 e. The Hall–Kier alpha value is -2.23. The second-order valence-electron chi connectivity index (χ2n) is 4.11. The van der Waals surface area contributed by atoms with E-state index in [-0.39, 0.29) is 5.56 Å². The molecule has 3 nitrogen and oxygen atoms in total. The minimum absolute atomic E-state index is 0.0191. The molecule has 0 aliphatic carbocycles. The summed E-state index contributed by atoms with van der Waals surface area (Å²) in [6.07, 6.45) is 1.58. The van der Waals surface area contributed by atoms with Crippen molar-refractivity contribution >= 4 is 11.7 Å². The Labute approximate surface area is 105 Å². The van der Waals surface area contributed by atoms with Crippen LogP contribution in [-0.4, -0.2) is 10.9 Å². The maximum Gasteiger partial charge on any atom is 0.259 e. The monoisotopic (exact) mass is 244 g/mol. The minimum atomic E-state index is -0.527. The first-order chi connectivity index (χ1) is 8.58. The molecule has 0 bridgehead atoms. The fraction of sp³-hybridized carbons (Fsp3) is 0.143. The lowest BCUT2D eigenvalue weighted by molar-refractivity contribution is 0.102. The maximum atomic E-state index is 13.6. The zero-order chi connectivity index (χ0) is 13.1. The van der Waals surface area contributed by atoms with Crippen molar-refractivity contribution in [3.05, 3.63) is 59.0 Å². The Morgan fingerprint density at radius 2 is 2.06 bits per heavy atom. The van der Waals surface area contributed by atoms with Crippen molar-refractivity contribution in [2.24, 2.45) is 0 Å². The van der Waals surface area contributed by atoms with Gasteiger partial charge >= 0.3 is 0 Å². The van der Waals surface area contributed by atoms with E-state index in [0.717, 1.165) is 11.1 Å². The largest absolute Gasteiger partial charge is 0.306 e. The highest BCUT2D eigenvalue weighted by Crippen LogP contribution is 2.14. The Morgan fingerprint density at radius 1 is 1.28 bits per heavy atom. The van der Waals surface area contributed by atoms with E-state index in [1.807, 2.05) is 13.0 Å². The molecule has 0 fully saturated rings. The number of carbonyl (C=O) groups is 1. The van der Waals surface area contributed by atoms with Crippen LogP contribution in [0.1, 0.15) is 21.5 Å². The van der Waals surface area contributed by atoms with Crippen LogP contribution < -0.4 is 5.32 Å². The van der Waals surface area contributed by atoms with Crippen molar-refractivity contribution in [3.63, 3.8) is 0 Å². The summed E-state index contributed by atoms with van der Waals surface area (Å²) in [5, 5.41) is 2.60. The van der Waals surface area contributed by atoms with Gasteiger partial charge < -0.3 is 5.32 Å². The van der Waals surface area contributed by atoms with Crippen LogP contribution in [0.3, 0.4) is 0 Å². The Morgan fingerprint density at radius 3 is 2.72 bits per heavy atom. The second kappa shape index (κ2) is 4.96. The first kappa shape index (κ1) is 12.2. The second-order valence-corrected chi connectivity index (χ2v) is 4.11. The number of carbonyl (C=O) groups excluding carboxylic acids is 1. The SMILES string of the molecule is Cc1ccc(C(=O)Nc2ncccc2C)c(F)c1. The predicted molar refractivity (Wildman–Crippen MR) is 68.1 cm³/mol.